The number of hydrazine groups is 1. The predicted molar refractivity (Wildman–Crippen MR) is 84.7 cm³/mol. The number of carbonyl (C=O) groups is 1. The molecule has 1 heterocycles. The van der Waals surface area contributed by atoms with Crippen LogP contribution >= 0.6 is 11.9 Å². The van der Waals surface area contributed by atoms with Crippen molar-refractivity contribution in [1.29, 1.82) is 0 Å². The number of nitrogens with zero attached hydrogens (tertiary/aromatic N) is 2. The lowest BCUT2D eigenvalue weighted by Gasteiger charge is -2.14. The summed E-state index contributed by atoms with van der Waals surface area (Å²) in [5.74, 6) is 10.0. The molecular weight excluding hydrogens is 304 g/mol. The number of benzene rings is 1. The number of hydrogen-bond donors (Lipinski definition) is 5. The van der Waals surface area contributed by atoms with Gasteiger partial charge in [-0.25, -0.2) is 15.6 Å². The van der Waals surface area contributed by atoms with Crippen LogP contribution in [0.4, 0.5) is 0 Å². The number of hydrogen-bond acceptors (Lipinski definition) is 7. The third kappa shape index (κ3) is 3.01. The molecule has 0 saturated carbocycles. The number of aromatic carboxylic acids is 1. The minimum absolute atomic E-state index is 0.192. The molecule has 0 spiro atoms. The first-order valence-corrected chi connectivity index (χ1v) is 6.94. The van der Waals surface area contributed by atoms with Crippen molar-refractivity contribution in [2.45, 2.75) is 5.03 Å². The number of aromatic nitrogens is 1. The molecule has 0 saturated heterocycles. The summed E-state index contributed by atoms with van der Waals surface area (Å²) in [5, 5.41) is 18.7. The molecule has 0 aliphatic heterocycles. The zero-order chi connectivity index (χ0) is 16.1. The van der Waals surface area contributed by atoms with Crippen LogP contribution in [0.1, 0.15) is 15.9 Å². The van der Waals surface area contributed by atoms with E-state index < -0.39 is 5.97 Å². The molecule has 9 heteroatoms. The second-order valence-corrected chi connectivity index (χ2v) is 4.78. The molecule has 8 nitrogen and oxygen atoms in total. The molecule has 1 aromatic heterocycles. The number of carboxylic acid groups (broad SMARTS) is 1. The van der Waals surface area contributed by atoms with E-state index in [4.69, 9.17) is 21.9 Å². The van der Waals surface area contributed by atoms with Crippen molar-refractivity contribution >= 4 is 23.8 Å². The Balaban J connectivity index is 2.62. The second-order valence-electron chi connectivity index (χ2n) is 4.16. The van der Waals surface area contributed by atoms with E-state index in [1.165, 1.54) is 12.1 Å². The van der Waals surface area contributed by atoms with Crippen LogP contribution in [0.5, 0.6) is 0 Å². The van der Waals surface area contributed by atoms with Crippen molar-refractivity contribution < 1.29 is 9.90 Å². The van der Waals surface area contributed by atoms with E-state index in [1.807, 2.05) is 0 Å². The largest absolute Gasteiger partial charge is 0.478 e. The molecule has 22 heavy (non-hydrogen) atoms. The second kappa shape index (κ2) is 6.89. The third-order valence-corrected chi connectivity index (χ3v) is 3.51. The van der Waals surface area contributed by atoms with Crippen LogP contribution in [0.25, 0.3) is 11.1 Å². The summed E-state index contributed by atoms with van der Waals surface area (Å²) >= 11 is 0.934. The van der Waals surface area contributed by atoms with E-state index >= 15 is 0 Å². The number of hydrazone groups is 1. The number of pyridine rings is 1. The quantitative estimate of drug-likeness (QED) is 0.179. The van der Waals surface area contributed by atoms with Gasteiger partial charge in [0.25, 0.3) is 0 Å². The summed E-state index contributed by atoms with van der Waals surface area (Å²) in [6.45, 7) is 0. The monoisotopic (exact) mass is 318 g/mol. The Morgan fingerprint density at radius 2 is 1.95 bits per heavy atom. The zero-order valence-corrected chi connectivity index (χ0v) is 12.2. The van der Waals surface area contributed by atoms with Gasteiger partial charge < -0.3 is 16.4 Å². The highest BCUT2D eigenvalue weighted by Gasteiger charge is 2.17. The normalized spacial score (nSPS) is 11.3. The summed E-state index contributed by atoms with van der Waals surface area (Å²) in [6, 6.07) is 8.11. The van der Waals surface area contributed by atoms with Gasteiger partial charge in [0.2, 0.25) is 0 Å². The van der Waals surface area contributed by atoms with E-state index in [0.29, 0.717) is 10.6 Å². The Labute approximate surface area is 130 Å². The van der Waals surface area contributed by atoms with Gasteiger partial charge in [0, 0.05) is 6.20 Å². The lowest BCUT2D eigenvalue weighted by molar-refractivity contribution is 0.0697. The van der Waals surface area contributed by atoms with Crippen LogP contribution in [0.2, 0.25) is 0 Å². The Kier molecular flexibility index (Phi) is 4.94. The number of rotatable bonds is 4. The SMILES string of the molecule is N/N=C(\NN)c1c(-c2ccc(C(=O)O)cc2)ccnc1SN. The highest BCUT2D eigenvalue weighted by atomic mass is 32.2. The highest BCUT2D eigenvalue weighted by Crippen LogP contribution is 2.28. The van der Waals surface area contributed by atoms with E-state index in [-0.39, 0.29) is 11.4 Å². The van der Waals surface area contributed by atoms with Gasteiger partial charge in [-0.05, 0) is 41.3 Å². The van der Waals surface area contributed by atoms with Gasteiger partial charge in [0.1, 0.15) is 5.03 Å². The van der Waals surface area contributed by atoms with Crippen LogP contribution in [-0.2, 0) is 0 Å². The van der Waals surface area contributed by atoms with Crippen molar-refractivity contribution in [3.8, 4) is 11.1 Å². The molecule has 0 aliphatic carbocycles. The fraction of sp³-hybridized carbons (Fsp3) is 0. The van der Waals surface area contributed by atoms with Gasteiger partial charge in [-0.3, -0.25) is 5.14 Å². The molecule has 0 aliphatic rings. The summed E-state index contributed by atoms with van der Waals surface area (Å²) < 4.78 is 0. The molecule has 2 aromatic rings. The first-order chi connectivity index (χ1) is 10.6. The zero-order valence-electron chi connectivity index (χ0n) is 11.4. The summed E-state index contributed by atoms with van der Waals surface area (Å²) in [5.41, 5.74) is 4.62. The van der Waals surface area contributed by atoms with Crippen LogP contribution in [-0.4, -0.2) is 21.9 Å². The highest BCUT2D eigenvalue weighted by molar-refractivity contribution is 7.97. The smallest absolute Gasteiger partial charge is 0.335 e. The van der Waals surface area contributed by atoms with Crippen LogP contribution in [0, 0.1) is 0 Å². The van der Waals surface area contributed by atoms with Gasteiger partial charge in [-0.1, -0.05) is 12.1 Å². The third-order valence-electron chi connectivity index (χ3n) is 2.97. The van der Waals surface area contributed by atoms with Crippen LogP contribution in [0.15, 0.2) is 46.7 Å². The number of carboxylic acids is 1. The van der Waals surface area contributed by atoms with Gasteiger partial charge >= 0.3 is 5.97 Å². The molecule has 8 N–H and O–H groups in total. The average Bonchev–Trinajstić information content (AvgIpc) is 2.56. The Bertz CT molecular complexity index is 717. The number of nitrogens with two attached hydrogens (primary N) is 3. The minimum Gasteiger partial charge on any atom is -0.478 e. The molecule has 0 amide bonds. The summed E-state index contributed by atoms with van der Waals surface area (Å²) in [7, 11) is 0. The van der Waals surface area contributed by atoms with E-state index in [1.54, 1.807) is 24.4 Å². The van der Waals surface area contributed by atoms with Gasteiger partial charge in [0.15, 0.2) is 5.84 Å². The maximum absolute atomic E-state index is 10.9. The Morgan fingerprint density at radius 1 is 1.27 bits per heavy atom. The van der Waals surface area contributed by atoms with Gasteiger partial charge in [-0.15, -0.1) is 0 Å². The Hall–Kier alpha value is -2.62. The van der Waals surface area contributed by atoms with Crippen molar-refractivity contribution in [1.82, 2.24) is 10.4 Å². The average molecular weight is 318 g/mol. The molecular formula is C13H14N6O2S. The first-order valence-electron chi connectivity index (χ1n) is 6.06. The summed E-state index contributed by atoms with van der Waals surface area (Å²) in [6.07, 6.45) is 1.59. The molecule has 0 atom stereocenters. The fourth-order valence-electron chi connectivity index (χ4n) is 1.97. The number of nitrogens with one attached hydrogen (secondary N) is 1. The summed E-state index contributed by atoms with van der Waals surface area (Å²) in [4.78, 5) is 15.1. The molecule has 0 bridgehead atoms. The molecule has 114 valence electrons. The molecule has 0 fully saturated rings. The molecule has 2 rings (SSSR count). The Morgan fingerprint density at radius 3 is 2.45 bits per heavy atom. The predicted octanol–water partition coefficient (Wildman–Crippen LogP) is 0.496. The lowest BCUT2D eigenvalue weighted by atomic mass is 10.00. The van der Waals surface area contributed by atoms with Crippen molar-refractivity contribution in [3.63, 3.8) is 0 Å². The van der Waals surface area contributed by atoms with Crippen LogP contribution in [0.3, 0.4) is 0 Å². The topological polar surface area (TPSA) is 153 Å². The van der Waals surface area contributed by atoms with Crippen molar-refractivity contribution in [2.24, 2.45) is 21.9 Å². The van der Waals surface area contributed by atoms with Crippen molar-refractivity contribution in [2.75, 3.05) is 0 Å². The van der Waals surface area contributed by atoms with E-state index in [2.05, 4.69) is 15.5 Å². The van der Waals surface area contributed by atoms with Crippen LogP contribution < -0.4 is 22.3 Å². The lowest BCUT2D eigenvalue weighted by Crippen LogP contribution is -2.33. The standard InChI is InChI=1S/C13H14N6O2S/c14-18-11(19-15)10-9(5-6-17-12(10)22-16)7-1-3-8(4-2-7)13(20)21/h1-6H,14-16H2,(H,18,19)(H,20,21). The molecule has 0 radical (unpaired) electrons. The van der Waals surface area contributed by atoms with Gasteiger partial charge in [0.05, 0.1) is 11.1 Å². The minimum atomic E-state index is -0.993. The van der Waals surface area contributed by atoms with Gasteiger partial charge in [-0.2, -0.15) is 5.10 Å². The maximum Gasteiger partial charge on any atom is 0.335 e. The molecule has 0 unspecified atom stereocenters. The van der Waals surface area contributed by atoms with E-state index in [9.17, 15) is 4.79 Å². The maximum atomic E-state index is 10.9. The first kappa shape index (κ1) is 15.8. The fourth-order valence-corrected chi connectivity index (χ4v) is 2.41. The molecule has 1 aromatic carbocycles. The van der Waals surface area contributed by atoms with Crippen molar-refractivity contribution in [3.05, 3.63) is 47.7 Å². The number of amidine groups is 1. The van der Waals surface area contributed by atoms with E-state index in [0.717, 1.165) is 23.1 Å².